The van der Waals surface area contributed by atoms with Crippen LogP contribution in [0.25, 0.3) is 0 Å². The molecule has 11 nitrogen and oxygen atoms in total. The summed E-state index contributed by atoms with van der Waals surface area (Å²) < 4.78 is 29.9. The maximum absolute atomic E-state index is 13.2. The number of amides is 2. The highest BCUT2D eigenvalue weighted by molar-refractivity contribution is 5.89. The van der Waals surface area contributed by atoms with Crippen LogP contribution < -0.4 is 10.1 Å². The van der Waals surface area contributed by atoms with Crippen molar-refractivity contribution in [1.82, 2.24) is 4.90 Å². The first kappa shape index (κ1) is 33.9. The van der Waals surface area contributed by atoms with E-state index in [0.717, 1.165) is 11.1 Å². The molecular weight excluding hydrogens is 573 g/mol. The molecule has 0 saturated heterocycles. The molecule has 0 aromatic heterocycles. The van der Waals surface area contributed by atoms with Crippen LogP contribution in [0.3, 0.4) is 0 Å². The number of nitrogens with zero attached hydrogens (tertiary/aromatic N) is 2. The Balaban J connectivity index is 1.55. The van der Waals surface area contributed by atoms with Gasteiger partial charge in [0.05, 0.1) is 18.1 Å². The van der Waals surface area contributed by atoms with Crippen molar-refractivity contribution >= 4 is 23.4 Å². The van der Waals surface area contributed by atoms with E-state index in [4.69, 9.17) is 14.2 Å². The zero-order chi connectivity index (χ0) is 31.9. The number of rotatable bonds is 18. The van der Waals surface area contributed by atoms with Gasteiger partial charge in [-0.1, -0.05) is 30.3 Å². The molecule has 1 atom stereocenters. The first-order valence-electron chi connectivity index (χ1n) is 14.4. The average molecular weight is 612 g/mol. The molecule has 0 fully saturated rings. The second kappa shape index (κ2) is 17.5. The molecule has 1 unspecified atom stereocenters. The van der Waals surface area contributed by atoms with Crippen molar-refractivity contribution < 1.29 is 38.2 Å². The predicted octanol–water partition coefficient (Wildman–Crippen LogP) is 5.98. The molecule has 44 heavy (non-hydrogen) atoms. The smallest absolute Gasteiger partial charge is 0.333 e. The molecule has 3 rings (SSSR count). The molecule has 0 heterocycles. The van der Waals surface area contributed by atoms with Gasteiger partial charge in [0.1, 0.15) is 18.2 Å². The fraction of sp³-hybridized carbons (Fsp3) is 0.375. The fourth-order valence-electron chi connectivity index (χ4n) is 4.31. The standard InChI is InChI=1S/C32H38FN3O8/c1-3-43-30(31(37)38)20-24-9-14-28(15-10-24)44-19-17-35(16-4-5-18-42-22-25-7-11-26(33)12-8-25)32(39)34-27-13-6-23(2)29(21-27)36(40)41/h6-15,21,30H,3-5,16-20,22H2,1-2H3,(H,34,39)(H,37,38). The molecule has 3 aromatic rings. The van der Waals surface area contributed by atoms with Gasteiger partial charge in [-0.25, -0.2) is 14.0 Å². The normalized spacial score (nSPS) is 11.5. The van der Waals surface area contributed by atoms with Crippen molar-refractivity contribution in [3.05, 3.63) is 99.4 Å². The Bertz CT molecular complexity index is 1370. The monoisotopic (exact) mass is 611 g/mol. The molecular formula is C32H38FN3O8. The minimum Gasteiger partial charge on any atom is -0.492 e. The third-order valence-corrected chi connectivity index (χ3v) is 6.71. The number of halogens is 1. The lowest BCUT2D eigenvalue weighted by Gasteiger charge is -2.23. The first-order chi connectivity index (χ1) is 21.2. The van der Waals surface area contributed by atoms with E-state index >= 15 is 0 Å². The van der Waals surface area contributed by atoms with Gasteiger partial charge in [-0.15, -0.1) is 0 Å². The number of ether oxygens (including phenoxy) is 3. The largest absolute Gasteiger partial charge is 0.492 e. The average Bonchev–Trinajstić information content (AvgIpc) is 3.00. The number of hydrogen-bond acceptors (Lipinski definition) is 7. The van der Waals surface area contributed by atoms with Crippen molar-refractivity contribution in [3.8, 4) is 5.75 Å². The molecule has 12 heteroatoms. The van der Waals surface area contributed by atoms with Crippen molar-refractivity contribution in [2.24, 2.45) is 0 Å². The Kier molecular flexibility index (Phi) is 13.5. The Morgan fingerprint density at radius 2 is 1.70 bits per heavy atom. The summed E-state index contributed by atoms with van der Waals surface area (Å²) in [5.74, 6) is -0.772. The third-order valence-electron chi connectivity index (χ3n) is 6.71. The molecule has 0 bridgehead atoms. The number of aryl methyl sites for hydroxylation is 1. The van der Waals surface area contributed by atoms with Gasteiger partial charge < -0.3 is 29.5 Å². The van der Waals surface area contributed by atoms with Crippen LogP contribution in [0.5, 0.6) is 5.75 Å². The molecule has 3 aromatic carbocycles. The van der Waals surface area contributed by atoms with E-state index in [1.54, 1.807) is 67.3 Å². The SMILES string of the molecule is CCOC(Cc1ccc(OCCN(CCCCOCc2ccc(F)cc2)C(=O)Nc2ccc(C)c([N+](=O)[O-])c2)cc1)C(=O)O. The number of carboxylic acid groups (broad SMARTS) is 1. The number of nitro benzene ring substituents is 1. The fourth-order valence-corrected chi connectivity index (χ4v) is 4.31. The molecule has 2 amide bonds. The summed E-state index contributed by atoms with van der Waals surface area (Å²) >= 11 is 0. The van der Waals surface area contributed by atoms with Crippen LogP contribution in [-0.2, 0) is 27.3 Å². The Morgan fingerprint density at radius 3 is 2.36 bits per heavy atom. The Labute approximate surface area is 255 Å². The summed E-state index contributed by atoms with van der Waals surface area (Å²) in [6.07, 6.45) is 0.594. The highest BCUT2D eigenvalue weighted by atomic mass is 19.1. The molecule has 0 radical (unpaired) electrons. The zero-order valence-corrected chi connectivity index (χ0v) is 24.9. The second-order valence-corrected chi connectivity index (χ2v) is 10.0. The van der Waals surface area contributed by atoms with Crippen LogP contribution >= 0.6 is 0 Å². The van der Waals surface area contributed by atoms with Crippen LogP contribution in [0.2, 0.25) is 0 Å². The molecule has 0 aliphatic rings. The first-order valence-corrected chi connectivity index (χ1v) is 14.4. The number of aliphatic carboxylic acids is 1. The number of benzene rings is 3. The van der Waals surface area contributed by atoms with E-state index in [-0.39, 0.29) is 31.1 Å². The predicted molar refractivity (Wildman–Crippen MR) is 162 cm³/mol. The van der Waals surface area contributed by atoms with Gasteiger partial charge in [-0.3, -0.25) is 10.1 Å². The van der Waals surface area contributed by atoms with E-state index in [1.807, 2.05) is 0 Å². The van der Waals surface area contributed by atoms with Crippen LogP contribution in [-0.4, -0.2) is 65.9 Å². The highest BCUT2D eigenvalue weighted by Crippen LogP contribution is 2.23. The van der Waals surface area contributed by atoms with Gasteiger partial charge in [-0.05, 0) is 68.1 Å². The van der Waals surface area contributed by atoms with Crippen LogP contribution in [0.1, 0.15) is 36.5 Å². The van der Waals surface area contributed by atoms with Gasteiger partial charge in [0.2, 0.25) is 0 Å². The molecule has 0 aliphatic heterocycles. The lowest BCUT2D eigenvalue weighted by atomic mass is 10.1. The zero-order valence-electron chi connectivity index (χ0n) is 24.9. The summed E-state index contributed by atoms with van der Waals surface area (Å²) in [4.78, 5) is 37.0. The molecule has 0 aliphatic carbocycles. The lowest BCUT2D eigenvalue weighted by molar-refractivity contribution is -0.385. The summed E-state index contributed by atoms with van der Waals surface area (Å²) in [6.45, 7) is 5.27. The van der Waals surface area contributed by atoms with Crippen molar-refractivity contribution in [2.45, 2.75) is 45.8 Å². The van der Waals surface area contributed by atoms with E-state index in [2.05, 4.69) is 5.32 Å². The minimum atomic E-state index is -1.02. The quantitative estimate of drug-likeness (QED) is 0.102. The van der Waals surface area contributed by atoms with E-state index in [0.29, 0.717) is 56.2 Å². The summed E-state index contributed by atoms with van der Waals surface area (Å²) in [6, 6.07) is 17.2. The summed E-state index contributed by atoms with van der Waals surface area (Å²) in [5, 5.41) is 23.4. The number of unbranched alkanes of at least 4 members (excludes halogenated alkanes) is 1. The highest BCUT2D eigenvalue weighted by Gasteiger charge is 2.19. The molecule has 2 N–H and O–H groups in total. The minimum absolute atomic E-state index is 0.0876. The van der Waals surface area contributed by atoms with E-state index in [1.165, 1.54) is 18.2 Å². The van der Waals surface area contributed by atoms with Crippen LogP contribution in [0.4, 0.5) is 20.6 Å². The van der Waals surface area contributed by atoms with Gasteiger partial charge in [-0.2, -0.15) is 0 Å². The van der Waals surface area contributed by atoms with Crippen molar-refractivity contribution in [2.75, 3.05) is 38.2 Å². The number of nitro groups is 1. The third kappa shape index (κ3) is 11.3. The lowest BCUT2D eigenvalue weighted by Crippen LogP contribution is -2.38. The molecule has 0 saturated carbocycles. The topological polar surface area (TPSA) is 140 Å². The Morgan fingerprint density at radius 1 is 1.00 bits per heavy atom. The Hall–Kier alpha value is -4.55. The van der Waals surface area contributed by atoms with Gasteiger partial charge in [0.25, 0.3) is 5.69 Å². The van der Waals surface area contributed by atoms with Gasteiger partial charge in [0.15, 0.2) is 6.10 Å². The number of anilines is 1. The van der Waals surface area contributed by atoms with E-state index < -0.39 is 23.0 Å². The number of hydrogen-bond donors (Lipinski definition) is 2. The van der Waals surface area contributed by atoms with Gasteiger partial charge >= 0.3 is 12.0 Å². The summed E-state index contributed by atoms with van der Waals surface area (Å²) in [5.41, 5.74) is 2.36. The summed E-state index contributed by atoms with van der Waals surface area (Å²) in [7, 11) is 0. The maximum atomic E-state index is 13.2. The number of carbonyl (C=O) groups excluding carboxylic acids is 1. The maximum Gasteiger partial charge on any atom is 0.333 e. The van der Waals surface area contributed by atoms with Crippen molar-refractivity contribution in [1.29, 1.82) is 0 Å². The number of urea groups is 1. The molecule has 236 valence electrons. The van der Waals surface area contributed by atoms with Gasteiger partial charge in [0, 0.05) is 43.5 Å². The number of carboxylic acids is 1. The van der Waals surface area contributed by atoms with Crippen LogP contribution in [0, 0.1) is 22.9 Å². The van der Waals surface area contributed by atoms with Crippen molar-refractivity contribution in [3.63, 3.8) is 0 Å². The number of nitrogens with one attached hydrogen (secondary N) is 1. The second-order valence-electron chi connectivity index (χ2n) is 10.0. The molecule has 0 spiro atoms. The van der Waals surface area contributed by atoms with E-state index in [9.17, 15) is 29.2 Å². The number of carbonyl (C=O) groups is 2. The van der Waals surface area contributed by atoms with Crippen LogP contribution in [0.15, 0.2) is 66.7 Å².